The van der Waals surface area contributed by atoms with E-state index in [1.165, 1.54) is 11.3 Å². The Morgan fingerprint density at radius 3 is 2.81 bits per heavy atom. The van der Waals surface area contributed by atoms with Crippen LogP contribution in [0.2, 0.25) is 0 Å². The number of hydrogen-bond donors (Lipinski definition) is 1. The molecule has 0 aliphatic carbocycles. The van der Waals surface area contributed by atoms with Gasteiger partial charge in [0.2, 0.25) is 0 Å². The standard InChI is InChI=1S/C14H22N2O3S2/c17-21(18,16-7-2-1-3-8-16)14-5-4-13(20-14)10-15-12-6-9-19-11-12/h4-5,12,15H,1-3,6-11H2. The minimum atomic E-state index is -3.28. The van der Waals surface area contributed by atoms with Gasteiger partial charge in [-0.15, -0.1) is 11.3 Å². The summed E-state index contributed by atoms with van der Waals surface area (Å²) in [5.41, 5.74) is 0. The fraction of sp³-hybridized carbons (Fsp3) is 0.714. The summed E-state index contributed by atoms with van der Waals surface area (Å²) < 4.78 is 32.5. The molecule has 1 atom stereocenters. The number of thiophene rings is 1. The Balaban J connectivity index is 1.63. The zero-order chi connectivity index (χ0) is 14.7. The Bertz CT molecular complexity index is 559. The minimum Gasteiger partial charge on any atom is -0.380 e. The molecule has 1 aromatic rings. The number of hydrogen-bond acceptors (Lipinski definition) is 5. The first-order chi connectivity index (χ1) is 10.2. The van der Waals surface area contributed by atoms with Crippen LogP contribution >= 0.6 is 11.3 Å². The van der Waals surface area contributed by atoms with Crippen LogP contribution in [0.1, 0.15) is 30.6 Å². The number of rotatable bonds is 5. The zero-order valence-corrected chi connectivity index (χ0v) is 13.7. The van der Waals surface area contributed by atoms with Crippen molar-refractivity contribution in [1.29, 1.82) is 0 Å². The summed E-state index contributed by atoms with van der Waals surface area (Å²) in [6, 6.07) is 4.07. The van der Waals surface area contributed by atoms with Crippen LogP contribution in [-0.2, 0) is 21.3 Å². The molecule has 0 spiro atoms. The predicted molar refractivity (Wildman–Crippen MR) is 83.0 cm³/mol. The summed E-state index contributed by atoms with van der Waals surface area (Å²) in [6.07, 6.45) is 4.11. The number of nitrogens with one attached hydrogen (secondary N) is 1. The third kappa shape index (κ3) is 3.65. The Morgan fingerprint density at radius 2 is 2.10 bits per heavy atom. The Morgan fingerprint density at radius 1 is 1.29 bits per heavy atom. The largest absolute Gasteiger partial charge is 0.380 e. The van der Waals surface area contributed by atoms with Gasteiger partial charge in [-0.05, 0) is 31.4 Å². The van der Waals surface area contributed by atoms with Gasteiger partial charge < -0.3 is 10.1 Å². The van der Waals surface area contributed by atoms with Crippen molar-refractivity contribution < 1.29 is 13.2 Å². The van der Waals surface area contributed by atoms with E-state index in [1.54, 1.807) is 10.4 Å². The summed E-state index contributed by atoms with van der Waals surface area (Å²) in [4.78, 5) is 1.07. The molecule has 1 aromatic heterocycles. The van der Waals surface area contributed by atoms with Crippen molar-refractivity contribution in [3.63, 3.8) is 0 Å². The molecule has 2 saturated heterocycles. The lowest BCUT2D eigenvalue weighted by Gasteiger charge is -2.25. The number of nitrogens with zero attached hydrogens (tertiary/aromatic N) is 1. The smallest absolute Gasteiger partial charge is 0.252 e. The molecule has 3 heterocycles. The van der Waals surface area contributed by atoms with Crippen molar-refractivity contribution >= 4 is 21.4 Å². The van der Waals surface area contributed by atoms with E-state index in [2.05, 4.69) is 5.32 Å². The Labute approximate surface area is 130 Å². The van der Waals surface area contributed by atoms with E-state index in [-0.39, 0.29) is 0 Å². The quantitative estimate of drug-likeness (QED) is 0.894. The lowest BCUT2D eigenvalue weighted by atomic mass is 10.2. The Hall–Kier alpha value is -0.470. The van der Waals surface area contributed by atoms with Crippen molar-refractivity contribution in [2.24, 2.45) is 0 Å². The molecule has 0 aromatic carbocycles. The van der Waals surface area contributed by atoms with Crippen molar-refractivity contribution in [2.75, 3.05) is 26.3 Å². The highest BCUT2D eigenvalue weighted by Crippen LogP contribution is 2.27. The van der Waals surface area contributed by atoms with E-state index < -0.39 is 10.0 Å². The Kier molecular flexibility index (Phi) is 4.96. The average molecular weight is 330 g/mol. The molecule has 1 unspecified atom stereocenters. The van der Waals surface area contributed by atoms with Gasteiger partial charge in [-0.3, -0.25) is 0 Å². The van der Waals surface area contributed by atoms with Crippen LogP contribution in [0.15, 0.2) is 16.3 Å². The lowest BCUT2D eigenvalue weighted by Crippen LogP contribution is -2.35. The van der Waals surface area contributed by atoms with Gasteiger partial charge in [0.05, 0.1) is 6.61 Å². The summed E-state index contributed by atoms with van der Waals surface area (Å²) in [5.74, 6) is 0. The maximum atomic E-state index is 12.6. The van der Waals surface area contributed by atoms with Crippen molar-refractivity contribution in [3.05, 3.63) is 17.0 Å². The molecule has 21 heavy (non-hydrogen) atoms. The SMILES string of the molecule is O=S(=O)(c1ccc(CNC2CCOC2)s1)N1CCCCC1. The topological polar surface area (TPSA) is 58.6 Å². The fourth-order valence-corrected chi connectivity index (χ4v) is 5.74. The molecular formula is C14H22N2O3S2. The molecule has 2 aliphatic heterocycles. The zero-order valence-electron chi connectivity index (χ0n) is 12.1. The van der Waals surface area contributed by atoms with Crippen LogP contribution in [0.25, 0.3) is 0 Å². The summed E-state index contributed by atoms with van der Waals surface area (Å²) >= 11 is 1.38. The third-order valence-corrected chi connectivity index (χ3v) is 7.49. The first kappa shape index (κ1) is 15.4. The molecule has 7 heteroatoms. The highest BCUT2D eigenvalue weighted by atomic mass is 32.2. The molecule has 1 N–H and O–H groups in total. The van der Waals surface area contributed by atoms with E-state index >= 15 is 0 Å². The molecule has 0 bridgehead atoms. The highest BCUT2D eigenvalue weighted by molar-refractivity contribution is 7.91. The van der Waals surface area contributed by atoms with Crippen LogP contribution in [0.3, 0.4) is 0 Å². The maximum Gasteiger partial charge on any atom is 0.252 e. The maximum absolute atomic E-state index is 12.6. The van der Waals surface area contributed by atoms with Gasteiger partial charge in [-0.1, -0.05) is 6.42 Å². The van der Waals surface area contributed by atoms with Crippen molar-refractivity contribution in [1.82, 2.24) is 9.62 Å². The minimum absolute atomic E-state index is 0.397. The van der Waals surface area contributed by atoms with Gasteiger partial charge in [0.15, 0.2) is 0 Å². The summed E-state index contributed by atoms with van der Waals surface area (Å²) in [5, 5.41) is 3.42. The molecule has 3 rings (SSSR count). The predicted octanol–water partition coefficient (Wildman–Crippen LogP) is 1.80. The monoisotopic (exact) mass is 330 g/mol. The van der Waals surface area contributed by atoms with Crippen LogP contribution in [0.5, 0.6) is 0 Å². The van der Waals surface area contributed by atoms with Crippen LogP contribution in [-0.4, -0.2) is 45.1 Å². The molecule has 0 saturated carbocycles. The third-order valence-electron chi connectivity index (χ3n) is 4.04. The summed E-state index contributed by atoms with van der Waals surface area (Å²) in [6.45, 7) is 3.61. The summed E-state index contributed by atoms with van der Waals surface area (Å²) in [7, 11) is -3.28. The van der Waals surface area contributed by atoms with E-state index in [1.807, 2.05) is 6.07 Å². The van der Waals surface area contributed by atoms with E-state index in [0.29, 0.717) is 29.9 Å². The van der Waals surface area contributed by atoms with Gasteiger partial charge in [0.25, 0.3) is 10.0 Å². The van der Waals surface area contributed by atoms with E-state index in [9.17, 15) is 8.42 Å². The molecule has 5 nitrogen and oxygen atoms in total. The molecule has 2 fully saturated rings. The van der Waals surface area contributed by atoms with E-state index in [4.69, 9.17) is 4.74 Å². The number of sulfonamides is 1. The van der Waals surface area contributed by atoms with Crippen molar-refractivity contribution in [3.8, 4) is 0 Å². The number of ether oxygens (including phenoxy) is 1. The van der Waals surface area contributed by atoms with Crippen LogP contribution < -0.4 is 5.32 Å². The molecular weight excluding hydrogens is 308 g/mol. The van der Waals surface area contributed by atoms with Gasteiger partial charge >= 0.3 is 0 Å². The number of piperidine rings is 1. The molecule has 0 radical (unpaired) electrons. The van der Waals surface area contributed by atoms with Gasteiger partial charge in [0.1, 0.15) is 4.21 Å². The van der Waals surface area contributed by atoms with Gasteiger partial charge in [-0.25, -0.2) is 8.42 Å². The average Bonchev–Trinajstić information content (AvgIpc) is 3.18. The van der Waals surface area contributed by atoms with E-state index in [0.717, 1.165) is 43.8 Å². The van der Waals surface area contributed by atoms with Crippen molar-refractivity contribution in [2.45, 2.75) is 42.5 Å². The first-order valence-electron chi connectivity index (χ1n) is 7.56. The fourth-order valence-electron chi connectivity index (χ4n) is 2.76. The second-order valence-corrected chi connectivity index (χ2v) is 8.96. The lowest BCUT2D eigenvalue weighted by molar-refractivity contribution is 0.190. The van der Waals surface area contributed by atoms with Crippen LogP contribution in [0, 0.1) is 0 Å². The molecule has 118 valence electrons. The highest BCUT2D eigenvalue weighted by Gasteiger charge is 2.27. The van der Waals surface area contributed by atoms with Gasteiger partial charge in [0, 0.05) is 37.2 Å². The normalized spacial score (nSPS) is 24.5. The molecule has 2 aliphatic rings. The second-order valence-electron chi connectivity index (χ2n) is 5.63. The second kappa shape index (κ2) is 6.75. The van der Waals surface area contributed by atoms with Crippen LogP contribution in [0.4, 0.5) is 0 Å². The first-order valence-corrected chi connectivity index (χ1v) is 9.82. The molecule has 0 amide bonds. The van der Waals surface area contributed by atoms with Gasteiger partial charge in [-0.2, -0.15) is 4.31 Å².